The fourth-order valence-electron chi connectivity index (χ4n) is 0.651. The van der Waals surface area contributed by atoms with Crippen LogP contribution in [0.1, 0.15) is 0 Å². The summed E-state index contributed by atoms with van der Waals surface area (Å²) in [5.74, 6) is 0. The van der Waals surface area contributed by atoms with Crippen molar-refractivity contribution >= 4 is 31.6 Å². The van der Waals surface area contributed by atoms with Crippen molar-refractivity contribution < 1.29 is 8.42 Å². The molecule has 0 saturated carbocycles. The average molecular weight is 263 g/mol. The number of halogens is 1. The molecule has 13 heavy (non-hydrogen) atoms. The Hall–Kier alpha value is -0.750. The van der Waals surface area contributed by atoms with E-state index in [0.717, 1.165) is 6.26 Å². The molecule has 0 fully saturated rings. The predicted octanol–water partition coefficient (Wildman–Crippen LogP) is 2.49. The van der Waals surface area contributed by atoms with Crippen LogP contribution in [0, 0.1) is 0 Å². The van der Waals surface area contributed by atoms with Crippen molar-refractivity contribution in [1.82, 2.24) is 0 Å². The molecule has 0 aromatic heterocycles. The molecule has 6 heteroatoms. The standard InChI is InChI=1S/C7H7BrN2O2S/c1-13(11,12)10-9-7-5-3-2-4-6(7)8/h2-5H,1H3. The summed E-state index contributed by atoms with van der Waals surface area (Å²) in [4.78, 5) is 0. The van der Waals surface area contributed by atoms with Crippen LogP contribution < -0.4 is 0 Å². The molecule has 0 N–H and O–H groups in total. The van der Waals surface area contributed by atoms with Gasteiger partial charge in [0.1, 0.15) is 5.69 Å². The SMILES string of the molecule is CS(=O)(=O)N=Nc1ccccc1Br. The van der Waals surface area contributed by atoms with E-state index in [-0.39, 0.29) is 0 Å². The molecule has 0 heterocycles. The monoisotopic (exact) mass is 262 g/mol. The first-order chi connectivity index (χ1) is 5.99. The van der Waals surface area contributed by atoms with Crippen molar-refractivity contribution in [3.63, 3.8) is 0 Å². The third-order valence-corrected chi connectivity index (χ3v) is 2.20. The van der Waals surface area contributed by atoms with Gasteiger partial charge in [-0.1, -0.05) is 16.7 Å². The van der Waals surface area contributed by atoms with Crippen molar-refractivity contribution in [2.24, 2.45) is 9.63 Å². The maximum absolute atomic E-state index is 10.6. The molecule has 0 unspecified atom stereocenters. The van der Waals surface area contributed by atoms with Gasteiger partial charge in [0.15, 0.2) is 0 Å². The van der Waals surface area contributed by atoms with E-state index in [0.29, 0.717) is 10.2 Å². The van der Waals surface area contributed by atoms with Crippen LogP contribution in [0.15, 0.2) is 38.4 Å². The van der Waals surface area contributed by atoms with Gasteiger partial charge in [-0.3, -0.25) is 0 Å². The first-order valence-corrected chi connectivity index (χ1v) is 6.01. The average Bonchev–Trinajstić information content (AvgIpc) is 2.01. The number of sulfonamides is 1. The third-order valence-electron chi connectivity index (χ3n) is 1.15. The fraction of sp³-hybridized carbons (Fsp3) is 0.143. The van der Waals surface area contributed by atoms with E-state index in [1.807, 2.05) is 6.07 Å². The van der Waals surface area contributed by atoms with Gasteiger partial charge in [-0.2, -0.15) is 0 Å². The second-order valence-corrected chi connectivity index (χ2v) is 4.85. The van der Waals surface area contributed by atoms with Crippen LogP contribution in [0.5, 0.6) is 0 Å². The molecule has 0 spiro atoms. The smallest absolute Gasteiger partial charge is 0.203 e. The molecule has 1 aromatic carbocycles. The number of hydrogen-bond donors (Lipinski definition) is 0. The lowest BCUT2D eigenvalue weighted by molar-refractivity contribution is 0.601. The summed E-state index contributed by atoms with van der Waals surface area (Å²) < 4.78 is 25.1. The number of benzene rings is 1. The molecule has 0 aliphatic carbocycles. The number of nitrogens with zero attached hydrogens (tertiary/aromatic N) is 2. The number of rotatable bonds is 2. The predicted molar refractivity (Wildman–Crippen MR) is 53.5 cm³/mol. The topological polar surface area (TPSA) is 58.9 Å². The molecule has 1 aromatic rings. The summed E-state index contributed by atoms with van der Waals surface area (Å²) in [6.07, 6.45) is 0.993. The highest BCUT2D eigenvalue weighted by Gasteiger charge is 1.98. The molecule has 0 saturated heterocycles. The summed E-state index contributed by atoms with van der Waals surface area (Å²) in [5, 5.41) is 3.57. The minimum Gasteiger partial charge on any atom is -0.203 e. The van der Waals surface area contributed by atoms with Gasteiger partial charge in [-0.15, -0.1) is 5.11 Å². The quantitative estimate of drug-likeness (QED) is 0.769. The van der Waals surface area contributed by atoms with Crippen LogP contribution in [0.4, 0.5) is 5.69 Å². The minimum absolute atomic E-state index is 0.493. The molecule has 70 valence electrons. The Morgan fingerprint density at radius 2 is 1.92 bits per heavy atom. The summed E-state index contributed by atoms with van der Waals surface area (Å²) >= 11 is 3.22. The lowest BCUT2D eigenvalue weighted by Crippen LogP contribution is -1.86. The van der Waals surface area contributed by atoms with Crippen molar-refractivity contribution in [2.45, 2.75) is 0 Å². The van der Waals surface area contributed by atoms with Gasteiger partial charge < -0.3 is 0 Å². The van der Waals surface area contributed by atoms with Crippen LogP contribution in [-0.2, 0) is 10.0 Å². The first kappa shape index (κ1) is 10.3. The molecule has 0 radical (unpaired) electrons. The van der Waals surface area contributed by atoms with Crippen LogP contribution in [0.25, 0.3) is 0 Å². The Morgan fingerprint density at radius 1 is 1.31 bits per heavy atom. The molecule has 1 rings (SSSR count). The van der Waals surface area contributed by atoms with Gasteiger partial charge in [0, 0.05) is 4.47 Å². The molecule has 0 aliphatic heterocycles. The molecule has 0 amide bonds. The first-order valence-electron chi connectivity index (χ1n) is 3.36. The van der Waals surface area contributed by atoms with Crippen LogP contribution in [0.2, 0.25) is 0 Å². The van der Waals surface area contributed by atoms with E-state index >= 15 is 0 Å². The second-order valence-electron chi connectivity index (χ2n) is 2.37. The minimum atomic E-state index is -3.40. The van der Waals surface area contributed by atoms with Gasteiger partial charge >= 0.3 is 0 Å². The van der Waals surface area contributed by atoms with E-state index in [1.54, 1.807) is 18.2 Å². The summed E-state index contributed by atoms with van der Waals surface area (Å²) in [6, 6.07) is 6.99. The zero-order chi connectivity index (χ0) is 9.90. The summed E-state index contributed by atoms with van der Waals surface area (Å²) in [7, 11) is -3.40. The van der Waals surface area contributed by atoms with Crippen LogP contribution in [-0.4, -0.2) is 14.7 Å². The van der Waals surface area contributed by atoms with Crippen molar-refractivity contribution in [3.05, 3.63) is 28.7 Å². The Balaban J connectivity index is 3.00. The fourth-order valence-corrected chi connectivity index (χ4v) is 1.25. The highest BCUT2D eigenvalue weighted by molar-refractivity contribution is 9.10. The van der Waals surface area contributed by atoms with Crippen LogP contribution >= 0.6 is 15.9 Å². The molecule has 4 nitrogen and oxygen atoms in total. The Labute approximate surface area is 84.9 Å². The summed E-state index contributed by atoms with van der Waals surface area (Å²) in [5.41, 5.74) is 0.493. The maximum atomic E-state index is 10.6. The van der Waals surface area contributed by atoms with Gasteiger partial charge in [0.2, 0.25) is 0 Å². The molecular weight excluding hydrogens is 256 g/mol. The van der Waals surface area contributed by atoms with E-state index in [2.05, 4.69) is 25.6 Å². The van der Waals surface area contributed by atoms with Crippen molar-refractivity contribution in [1.29, 1.82) is 0 Å². The lowest BCUT2D eigenvalue weighted by atomic mass is 10.3. The van der Waals surface area contributed by atoms with Crippen molar-refractivity contribution in [3.8, 4) is 0 Å². The third kappa shape index (κ3) is 3.65. The van der Waals surface area contributed by atoms with Gasteiger partial charge in [0.25, 0.3) is 10.0 Å². The molecular formula is C7H7BrN2O2S. The second kappa shape index (κ2) is 3.97. The summed E-state index contributed by atoms with van der Waals surface area (Å²) in [6.45, 7) is 0. The molecule has 0 aliphatic rings. The highest BCUT2D eigenvalue weighted by atomic mass is 79.9. The largest absolute Gasteiger partial charge is 0.267 e. The zero-order valence-electron chi connectivity index (χ0n) is 6.81. The normalized spacial score (nSPS) is 12.2. The highest BCUT2D eigenvalue weighted by Crippen LogP contribution is 2.24. The zero-order valence-corrected chi connectivity index (χ0v) is 9.21. The van der Waals surface area contributed by atoms with E-state index in [4.69, 9.17) is 0 Å². The Bertz CT molecular complexity index is 428. The molecule has 0 bridgehead atoms. The Kier molecular flexibility index (Phi) is 3.16. The molecule has 0 atom stereocenters. The van der Waals surface area contributed by atoms with Crippen molar-refractivity contribution in [2.75, 3.05) is 6.26 Å². The van der Waals surface area contributed by atoms with E-state index in [9.17, 15) is 8.42 Å². The van der Waals surface area contributed by atoms with E-state index < -0.39 is 10.0 Å². The van der Waals surface area contributed by atoms with Gasteiger partial charge in [-0.05, 0) is 28.1 Å². The van der Waals surface area contributed by atoms with Gasteiger partial charge in [-0.25, -0.2) is 8.42 Å². The number of hydrogen-bond acceptors (Lipinski definition) is 3. The van der Waals surface area contributed by atoms with Gasteiger partial charge in [0.05, 0.1) is 6.26 Å². The Morgan fingerprint density at radius 3 is 2.46 bits per heavy atom. The maximum Gasteiger partial charge on any atom is 0.267 e. The van der Waals surface area contributed by atoms with Crippen LogP contribution in [0.3, 0.4) is 0 Å². The van der Waals surface area contributed by atoms with E-state index in [1.165, 1.54) is 0 Å². The lowest BCUT2D eigenvalue weighted by Gasteiger charge is -1.93.